The van der Waals surface area contributed by atoms with Crippen LogP contribution in [-0.2, 0) is 11.3 Å². The molecule has 0 aromatic heterocycles. The van der Waals surface area contributed by atoms with Crippen molar-refractivity contribution in [3.63, 3.8) is 0 Å². The molecule has 1 amide bonds. The van der Waals surface area contributed by atoms with Crippen molar-refractivity contribution in [3.8, 4) is 0 Å². The van der Waals surface area contributed by atoms with Crippen LogP contribution >= 0.6 is 0 Å². The zero-order chi connectivity index (χ0) is 14.7. The summed E-state index contributed by atoms with van der Waals surface area (Å²) in [5.74, 6) is 0.0738. The van der Waals surface area contributed by atoms with E-state index in [1.54, 1.807) is 24.9 Å². The zero-order valence-corrected chi connectivity index (χ0v) is 11.8. The highest BCUT2D eigenvalue weighted by Gasteiger charge is 2.28. The second kappa shape index (κ2) is 6.00. The second-order valence-electron chi connectivity index (χ2n) is 5.06. The lowest BCUT2D eigenvalue weighted by molar-refractivity contribution is -0.385. The summed E-state index contributed by atoms with van der Waals surface area (Å²) in [4.78, 5) is 24.6. The molecule has 108 valence electrons. The third-order valence-electron chi connectivity index (χ3n) is 3.85. The van der Waals surface area contributed by atoms with E-state index in [4.69, 9.17) is 0 Å². The molecule has 1 atom stereocenters. The third-order valence-corrected chi connectivity index (χ3v) is 3.85. The van der Waals surface area contributed by atoms with Gasteiger partial charge in [-0.1, -0.05) is 12.1 Å². The molecular formula is C14H19N3O3. The summed E-state index contributed by atoms with van der Waals surface area (Å²) in [6, 6.07) is 4.87. The Morgan fingerprint density at radius 1 is 1.50 bits per heavy atom. The Labute approximate surface area is 117 Å². The van der Waals surface area contributed by atoms with E-state index in [-0.39, 0.29) is 22.6 Å². The zero-order valence-electron chi connectivity index (χ0n) is 11.8. The highest BCUT2D eigenvalue weighted by atomic mass is 16.6. The van der Waals surface area contributed by atoms with Crippen LogP contribution in [0.4, 0.5) is 5.69 Å². The second-order valence-corrected chi connectivity index (χ2v) is 5.06. The number of hydrogen-bond acceptors (Lipinski definition) is 4. The van der Waals surface area contributed by atoms with Gasteiger partial charge in [-0.05, 0) is 32.4 Å². The van der Waals surface area contributed by atoms with Crippen LogP contribution in [0.2, 0.25) is 0 Å². The lowest BCUT2D eigenvalue weighted by Crippen LogP contribution is -2.49. The number of nitrogens with zero attached hydrogens (tertiary/aromatic N) is 2. The van der Waals surface area contributed by atoms with Gasteiger partial charge in [0.1, 0.15) is 0 Å². The molecule has 1 aromatic carbocycles. The van der Waals surface area contributed by atoms with Crippen LogP contribution in [0.25, 0.3) is 0 Å². The Morgan fingerprint density at radius 2 is 2.25 bits per heavy atom. The molecule has 1 aliphatic heterocycles. The van der Waals surface area contributed by atoms with Crippen molar-refractivity contribution in [2.24, 2.45) is 0 Å². The normalized spacial score (nSPS) is 19.2. The van der Waals surface area contributed by atoms with Gasteiger partial charge < -0.3 is 10.2 Å². The molecule has 1 aliphatic rings. The van der Waals surface area contributed by atoms with Gasteiger partial charge in [-0.3, -0.25) is 14.9 Å². The van der Waals surface area contributed by atoms with Crippen LogP contribution in [0, 0.1) is 17.0 Å². The Hall–Kier alpha value is -1.95. The number of benzene rings is 1. The van der Waals surface area contributed by atoms with E-state index in [1.165, 1.54) is 6.07 Å². The summed E-state index contributed by atoms with van der Waals surface area (Å²) in [6.45, 7) is 2.88. The number of likely N-dealkylation sites (N-methyl/N-ethyl adjacent to an activating group) is 1. The molecule has 1 heterocycles. The fraction of sp³-hybridized carbons (Fsp3) is 0.500. The van der Waals surface area contributed by atoms with E-state index in [0.717, 1.165) is 18.4 Å². The molecule has 20 heavy (non-hydrogen) atoms. The molecule has 1 saturated heterocycles. The van der Waals surface area contributed by atoms with Crippen LogP contribution in [-0.4, -0.2) is 35.4 Å². The Bertz CT molecular complexity index is 530. The Kier molecular flexibility index (Phi) is 4.34. The fourth-order valence-electron chi connectivity index (χ4n) is 2.61. The largest absolute Gasteiger partial charge is 0.337 e. The number of nitrogens with one attached hydrogen (secondary N) is 1. The Balaban J connectivity index is 2.20. The molecule has 1 N–H and O–H groups in total. The van der Waals surface area contributed by atoms with Crippen LogP contribution in [0.1, 0.15) is 24.0 Å². The van der Waals surface area contributed by atoms with Crippen LogP contribution in [0.3, 0.4) is 0 Å². The minimum atomic E-state index is -0.382. The molecule has 0 bridgehead atoms. The lowest BCUT2D eigenvalue weighted by atomic mass is 10.0. The maximum absolute atomic E-state index is 12.2. The first kappa shape index (κ1) is 14.5. The van der Waals surface area contributed by atoms with Gasteiger partial charge in [0.2, 0.25) is 5.91 Å². The number of hydrogen-bond donors (Lipinski definition) is 1. The maximum Gasteiger partial charge on any atom is 0.272 e. The van der Waals surface area contributed by atoms with Crippen LogP contribution < -0.4 is 5.32 Å². The minimum absolute atomic E-state index is 0.0738. The fourth-order valence-corrected chi connectivity index (χ4v) is 2.61. The summed E-state index contributed by atoms with van der Waals surface area (Å²) < 4.78 is 0. The number of likely N-dealkylation sites (tertiary alicyclic amines) is 1. The molecule has 1 aromatic rings. The predicted octanol–water partition coefficient (Wildman–Crippen LogP) is 1.61. The number of rotatable bonds is 4. The Morgan fingerprint density at radius 3 is 2.90 bits per heavy atom. The van der Waals surface area contributed by atoms with Gasteiger partial charge in [0.15, 0.2) is 0 Å². The van der Waals surface area contributed by atoms with Crippen LogP contribution in [0.5, 0.6) is 0 Å². The predicted molar refractivity (Wildman–Crippen MR) is 75.3 cm³/mol. The molecule has 0 radical (unpaired) electrons. The average Bonchev–Trinajstić information content (AvgIpc) is 2.43. The van der Waals surface area contributed by atoms with Crippen molar-refractivity contribution < 1.29 is 9.72 Å². The van der Waals surface area contributed by atoms with Crippen molar-refractivity contribution >= 4 is 11.6 Å². The van der Waals surface area contributed by atoms with Gasteiger partial charge in [-0.2, -0.15) is 0 Å². The average molecular weight is 277 g/mol. The lowest BCUT2D eigenvalue weighted by Gasteiger charge is -2.32. The summed E-state index contributed by atoms with van der Waals surface area (Å²) in [5, 5.41) is 14.0. The SMILES string of the molecule is CNC1CCCN(Cc2cccc([N+](=O)[O-])c2C)C1=O. The van der Waals surface area contributed by atoms with Gasteiger partial charge in [0, 0.05) is 24.7 Å². The minimum Gasteiger partial charge on any atom is -0.337 e. The quantitative estimate of drug-likeness (QED) is 0.670. The van der Waals surface area contributed by atoms with Gasteiger partial charge >= 0.3 is 0 Å². The summed E-state index contributed by atoms with van der Waals surface area (Å²) in [6.07, 6.45) is 1.80. The molecule has 1 fully saturated rings. The van der Waals surface area contributed by atoms with Crippen molar-refractivity contribution in [3.05, 3.63) is 39.4 Å². The van der Waals surface area contributed by atoms with Gasteiger partial charge in [-0.25, -0.2) is 0 Å². The number of amides is 1. The third kappa shape index (κ3) is 2.80. The van der Waals surface area contributed by atoms with Crippen molar-refractivity contribution in [1.29, 1.82) is 0 Å². The topological polar surface area (TPSA) is 75.5 Å². The van der Waals surface area contributed by atoms with Crippen LogP contribution in [0.15, 0.2) is 18.2 Å². The molecule has 6 heteroatoms. The van der Waals surface area contributed by atoms with Gasteiger partial charge in [0.25, 0.3) is 5.69 Å². The first-order chi connectivity index (χ1) is 9.54. The van der Waals surface area contributed by atoms with Crippen molar-refractivity contribution in [2.45, 2.75) is 32.4 Å². The molecule has 2 rings (SSSR count). The van der Waals surface area contributed by atoms with E-state index in [0.29, 0.717) is 18.7 Å². The van der Waals surface area contributed by atoms with Gasteiger partial charge in [0.05, 0.1) is 11.0 Å². The van der Waals surface area contributed by atoms with Crippen molar-refractivity contribution in [1.82, 2.24) is 10.2 Å². The highest BCUT2D eigenvalue weighted by Crippen LogP contribution is 2.23. The van der Waals surface area contributed by atoms with Crippen molar-refractivity contribution in [2.75, 3.05) is 13.6 Å². The molecule has 0 saturated carbocycles. The number of piperidine rings is 1. The van der Waals surface area contributed by atoms with E-state index in [2.05, 4.69) is 5.32 Å². The number of nitro groups is 1. The van der Waals surface area contributed by atoms with E-state index < -0.39 is 0 Å². The molecule has 0 spiro atoms. The van der Waals surface area contributed by atoms with Gasteiger partial charge in [-0.15, -0.1) is 0 Å². The first-order valence-corrected chi connectivity index (χ1v) is 6.73. The molecule has 1 unspecified atom stereocenters. The number of carbonyl (C=O) groups is 1. The summed E-state index contributed by atoms with van der Waals surface area (Å²) in [7, 11) is 1.78. The summed E-state index contributed by atoms with van der Waals surface area (Å²) in [5.41, 5.74) is 1.58. The molecule has 6 nitrogen and oxygen atoms in total. The number of nitro benzene ring substituents is 1. The molecule has 0 aliphatic carbocycles. The van der Waals surface area contributed by atoms with E-state index in [1.807, 2.05) is 6.07 Å². The standard InChI is InChI=1S/C14H19N3O3/c1-10-11(5-3-7-13(10)17(19)20)9-16-8-4-6-12(15-2)14(16)18/h3,5,7,12,15H,4,6,8-9H2,1-2H3. The first-order valence-electron chi connectivity index (χ1n) is 6.73. The number of carbonyl (C=O) groups excluding carboxylic acids is 1. The monoisotopic (exact) mass is 277 g/mol. The van der Waals surface area contributed by atoms with E-state index >= 15 is 0 Å². The maximum atomic E-state index is 12.2. The molecular weight excluding hydrogens is 258 g/mol. The summed E-state index contributed by atoms with van der Waals surface area (Å²) >= 11 is 0. The smallest absolute Gasteiger partial charge is 0.272 e. The highest BCUT2D eigenvalue weighted by molar-refractivity contribution is 5.82. The van der Waals surface area contributed by atoms with E-state index in [9.17, 15) is 14.9 Å².